The molecule has 0 heterocycles. The number of nitrogens with one attached hydrogen (secondary N) is 1. The molecular formula is C9H19N3O4S. The lowest BCUT2D eigenvalue weighted by atomic mass is 10.0. The summed E-state index contributed by atoms with van der Waals surface area (Å²) in [5.41, 5.74) is 9.37. The Morgan fingerprint density at radius 3 is 2.18 bits per heavy atom. The van der Waals surface area contributed by atoms with Crippen molar-refractivity contribution < 1.29 is 18.0 Å². The summed E-state index contributed by atoms with van der Waals surface area (Å²) in [5, 5.41) is 2.36. The van der Waals surface area contributed by atoms with E-state index in [2.05, 4.69) is 5.32 Å². The Balaban J connectivity index is 4.39. The van der Waals surface area contributed by atoms with Crippen molar-refractivity contribution in [3.05, 3.63) is 0 Å². The second-order valence-electron chi connectivity index (χ2n) is 4.50. The van der Waals surface area contributed by atoms with Crippen molar-refractivity contribution in [1.82, 2.24) is 5.32 Å². The molecule has 0 saturated heterocycles. The quantitative estimate of drug-likeness (QED) is 0.517. The van der Waals surface area contributed by atoms with E-state index in [9.17, 15) is 18.0 Å². The van der Waals surface area contributed by atoms with Crippen molar-refractivity contribution in [3.8, 4) is 0 Å². The van der Waals surface area contributed by atoms with Gasteiger partial charge in [-0.1, -0.05) is 0 Å². The van der Waals surface area contributed by atoms with Gasteiger partial charge < -0.3 is 16.8 Å². The summed E-state index contributed by atoms with van der Waals surface area (Å²) in [5.74, 6) is -1.47. The van der Waals surface area contributed by atoms with Gasteiger partial charge in [-0.3, -0.25) is 9.59 Å². The Labute approximate surface area is 101 Å². The number of nitrogens with two attached hydrogens (primary N) is 2. The molecule has 7 nitrogen and oxygen atoms in total. The summed E-state index contributed by atoms with van der Waals surface area (Å²) in [7, 11) is -3.16. The number of hydrogen-bond donors (Lipinski definition) is 3. The third-order valence-electron chi connectivity index (χ3n) is 2.19. The average molecular weight is 265 g/mol. The highest BCUT2D eigenvalue weighted by molar-refractivity contribution is 7.90. The summed E-state index contributed by atoms with van der Waals surface area (Å²) in [6.45, 7) is 2.88. The van der Waals surface area contributed by atoms with Crippen LogP contribution in [0.15, 0.2) is 0 Å². The number of carbonyl (C=O) groups is 2. The highest BCUT2D eigenvalue weighted by atomic mass is 32.2. The summed E-state index contributed by atoms with van der Waals surface area (Å²) in [6.07, 6.45) is 1.06. The lowest BCUT2D eigenvalue weighted by Crippen LogP contribution is -2.57. The third-order valence-corrected chi connectivity index (χ3v) is 3.17. The fraction of sp³-hybridized carbons (Fsp3) is 0.778. The van der Waals surface area contributed by atoms with Crippen LogP contribution in [0.25, 0.3) is 0 Å². The highest BCUT2D eigenvalue weighted by Gasteiger charge is 2.29. The van der Waals surface area contributed by atoms with Crippen molar-refractivity contribution in [2.45, 2.75) is 31.8 Å². The molecule has 0 rings (SSSR count). The van der Waals surface area contributed by atoms with Crippen molar-refractivity contribution in [2.24, 2.45) is 11.5 Å². The van der Waals surface area contributed by atoms with Gasteiger partial charge in [0, 0.05) is 6.26 Å². The molecule has 0 aromatic rings. The van der Waals surface area contributed by atoms with E-state index in [0.717, 1.165) is 6.26 Å². The van der Waals surface area contributed by atoms with Crippen LogP contribution >= 0.6 is 0 Å². The molecule has 17 heavy (non-hydrogen) atoms. The lowest BCUT2D eigenvalue weighted by molar-refractivity contribution is -0.131. The van der Waals surface area contributed by atoms with E-state index in [1.54, 1.807) is 0 Å². The smallest absolute Gasteiger partial charge is 0.242 e. The lowest BCUT2D eigenvalue weighted by Gasteiger charge is -2.24. The van der Waals surface area contributed by atoms with E-state index in [4.69, 9.17) is 11.5 Å². The normalized spacial score (nSPS) is 14.1. The van der Waals surface area contributed by atoms with E-state index in [0.29, 0.717) is 0 Å². The Kier molecular flexibility index (Phi) is 5.09. The molecule has 0 bridgehead atoms. The predicted molar refractivity (Wildman–Crippen MR) is 63.7 cm³/mol. The Hall–Kier alpha value is -1.15. The summed E-state index contributed by atoms with van der Waals surface area (Å²) < 4.78 is 21.8. The van der Waals surface area contributed by atoms with Crippen molar-refractivity contribution in [2.75, 3.05) is 12.0 Å². The molecule has 2 amide bonds. The third kappa shape index (κ3) is 6.22. The topological polar surface area (TPSA) is 132 Å². The summed E-state index contributed by atoms with van der Waals surface area (Å²) >= 11 is 0. The molecule has 0 spiro atoms. The van der Waals surface area contributed by atoms with Crippen LogP contribution in [0.2, 0.25) is 0 Å². The zero-order chi connectivity index (χ0) is 13.9. The van der Waals surface area contributed by atoms with Gasteiger partial charge in [0.05, 0.1) is 11.8 Å². The molecule has 0 aliphatic rings. The van der Waals surface area contributed by atoms with Gasteiger partial charge in [-0.25, -0.2) is 8.42 Å². The van der Waals surface area contributed by atoms with Gasteiger partial charge in [-0.05, 0) is 20.3 Å². The standard InChI is InChI=1S/C9H19N3O4S/c1-9(2,8(11)14)12-7(13)6(10)4-5-17(3,15)16/h6H,4-5,10H2,1-3H3,(H2,11,14)(H,12,13). The summed E-state index contributed by atoms with van der Waals surface area (Å²) in [6, 6.07) is -0.983. The number of primary amides is 1. The van der Waals surface area contributed by atoms with Gasteiger partial charge in [0.1, 0.15) is 15.4 Å². The Morgan fingerprint density at radius 1 is 1.35 bits per heavy atom. The highest BCUT2D eigenvalue weighted by Crippen LogP contribution is 2.02. The predicted octanol–water partition coefficient (Wildman–Crippen LogP) is -1.87. The van der Waals surface area contributed by atoms with Crippen LogP contribution in [-0.2, 0) is 19.4 Å². The van der Waals surface area contributed by atoms with E-state index in [1.807, 2.05) is 0 Å². The van der Waals surface area contributed by atoms with E-state index >= 15 is 0 Å². The molecule has 5 N–H and O–H groups in total. The Morgan fingerprint density at radius 2 is 1.82 bits per heavy atom. The van der Waals surface area contributed by atoms with Crippen molar-refractivity contribution >= 4 is 21.7 Å². The van der Waals surface area contributed by atoms with Crippen molar-refractivity contribution in [3.63, 3.8) is 0 Å². The number of rotatable bonds is 6. The molecule has 0 aromatic heterocycles. The number of hydrogen-bond acceptors (Lipinski definition) is 5. The largest absolute Gasteiger partial charge is 0.368 e. The van der Waals surface area contributed by atoms with Crippen LogP contribution in [0.1, 0.15) is 20.3 Å². The van der Waals surface area contributed by atoms with Gasteiger partial charge in [0.2, 0.25) is 11.8 Å². The van der Waals surface area contributed by atoms with E-state index in [-0.39, 0.29) is 12.2 Å². The van der Waals surface area contributed by atoms with E-state index in [1.165, 1.54) is 13.8 Å². The molecule has 100 valence electrons. The molecule has 0 radical (unpaired) electrons. The maximum absolute atomic E-state index is 11.5. The fourth-order valence-corrected chi connectivity index (χ4v) is 1.62. The molecule has 1 unspecified atom stereocenters. The number of carbonyl (C=O) groups excluding carboxylic acids is 2. The van der Waals surface area contributed by atoms with Gasteiger partial charge in [0.25, 0.3) is 0 Å². The maximum Gasteiger partial charge on any atom is 0.242 e. The first kappa shape index (κ1) is 15.9. The summed E-state index contributed by atoms with van der Waals surface area (Å²) in [4.78, 5) is 22.5. The molecule has 8 heteroatoms. The minimum atomic E-state index is -3.16. The minimum absolute atomic E-state index is 0.000488. The van der Waals surface area contributed by atoms with Crippen LogP contribution < -0.4 is 16.8 Å². The molecule has 0 aromatic carbocycles. The molecule has 0 aliphatic carbocycles. The van der Waals surface area contributed by atoms with Crippen LogP contribution in [0.3, 0.4) is 0 Å². The molecule has 1 atom stereocenters. The van der Waals surface area contributed by atoms with Crippen LogP contribution in [0, 0.1) is 0 Å². The SMILES string of the molecule is CC(C)(NC(=O)C(N)CCS(C)(=O)=O)C(N)=O. The number of sulfone groups is 1. The zero-order valence-electron chi connectivity index (χ0n) is 10.2. The van der Waals surface area contributed by atoms with Gasteiger partial charge >= 0.3 is 0 Å². The zero-order valence-corrected chi connectivity index (χ0v) is 11.0. The molecule has 0 aliphatic heterocycles. The van der Waals surface area contributed by atoms with Crippen LogP contribution in [-0.4, -0.2) is 43.8 Å². The molecule has 0 saturated carbocycles. The second-order valence-corrected chi connectivity index (χ2v) is 6.76. The maximum atomic E-state index is 11.5. The first-order valence-corrected chi connectivity index (χ1v) is 7.07. The first-order valence-electron chi connectivity index (χ1n) is 5.01. The second kappa shape index (κ2) is 5.46. The minimum Gasteiger partial charge on any atom is -0.368 e. The van der Waals surface area contributed by atoms with Gasteiger partial charge in [0.15, 0.2) is 0 Å². The van der Waals surface area contributed by atoms with Crippen molar-refractivity contribution in [1.29, 1.82) is 0 Å². The van der Waals surface area contributed by atoms with Crippen LogP contribution in [0.4, 0.5) is 0 Å². The first-order chi connectivity index (χ1) is 7.46. The van der Waals surface area contributed by atoms with Gasteiger partial charge in [-0.15, -0.1) is 0 Å². The monoisotopic (exact) mass is 265 g/mol. The van der Waals surface area contributed by atoms with Crippen LogP contribution in [0.5, 0.6) is 0 Å². The van der Waals surface area contributed by atoms with E-state index < -0.39 is 33.2 Å². The average Bonchev–Trinajstić information content (AvgIpc) is 2.11. The fourth-order valence-electron chi connectivity index (χ4n) is 0.934. The molecular weight excluding hydrogens is 246 g/mol. The molecule has 0 fully saturated rings. The number of amides is 2. The van der Waals surface area contributed by atoms with Gasteiger partial charge in [-0.2, -0.15) is 0 Å². The Bertz CT molecular complexity index is 402.